The Hall–Kier alpha value is -2.87. The first-order valence-electron chi connectivity index (χ1n) is 6.06. The third-order valence-corrected chi connectivity index (χ3v) is 3.96. The maximum absolute atomic E-state index is 10.7. The van der Waals surface area contributed by atoms with Crippen LogP contribution < -0.4 is 0 Å². The molecule has 0 radical (unpaired) electrons. The molecule has 0 N–H and O–H groups in total. The van der Waals surface area contributed by atoms with Crippen LogP contribution in [-0.2, 0) is 0 Å². The first-order valence-corrected chi connectivity index (χ1v) is 6.94. The number of thiophene rings is 1. The lowest BCUT2D eigenvalue weighted by atomic mass is 10.2. The zero-order chi connectivity index (χ0) is 14.4. The van der Waals surface area contributed by atoms with E-state index in [1.165, 1.54) is 12.1 Å². The van der Waals surface area contributed by atoms with Crippen LogP contribution in [0.2, 0.25) is 0 Å². The van der Waals surface area contributed by atoms with Gasteiger partial charge in [0.15, 0.2) is 11.5 Å². The minimum atomic E-state index is -0.431. The predicted octanol–water partition coefficient (Wildman–Crippen LogP) is 2.91. The van der Waals surface area contributed by atoms with Gasteiger partial charge in [0, 0.05) is 17.7 Å². The summed E-state index contributed by atoms with van der Waals surface area (Å²) in [6.45, 7) is 0. The van der Waals surface area contributed by atoms with E-state index in [0.29, 0.717) is 5.82 Å². The second kappa shape index (κ2) is 4.32. The number of hydrogen-bond acceptors (Lipinski definition) is 6. The molecule has 0 fully saturated rings. The number of nitro groups is 1. The Labute approximate surface area is 121 Å². The van der Waals surface area contributed by atoms with Gasteiger partial charge in [0.25, 0.3) is 5.69 Å². The highest BCUT2D eigenvalue weighted by atomic mass is 32.1. The fourth-order valence-electron chi connectivity index (χ4n) is 2.12. The second-order valence-electron chi connectivity index (χ2n) is 4.39. The summed E-state index contributed by atoms with van der Waals surface area (Å²) >= 11 is 1.55. The first kappa shape index (κ1) is 11.9. The first-order chi connectivity index (χ1) is 10.2. The highest BCUT2D eigenvalue weighted by molar-refractivity contribution is 7.16. The van der Waals surface area contributed by atoms with Crippen molar-refractivity contribution in [3.8, 4) is 11.4 Å². The molecule has 0 aliphatic carbocycles. The highest BCUT2D eigenvalue weighted by Crippen LogP contribution is 2.25. The highest BCUT2D eigenvalue weighted by Gasteiger charge is 2.12. The quantitative estimate of drug-likeness (QED) is 0.419. The lowest BCUT2D eigenvalue weighted by Crippen LogP contribution is -1.89. The molecule has 3 aromatic heterocycles. The minimum Gasteiger partial charge on any atom is -0.258 e. The van der Waals surface area contributed by atoms with Gasteiger partial charge in [0.05, 0.1) is 10.3 Å². The van der Waals surface area contributed by atoms with Gasteiger partial charge in [-0.05, 0) is 23.6 Å². The monoisotopic (exact) mass is 297 g/mol. The number of benzene rings is 1. The van der Waals surface area contributed by atoms with Gasteiger partial charge in [-0.2, -0.15) is 0 Å². The Bertz CT molecular complexity index is 973. The molecule has 4 aromatic rings. The maximum atomic E-state index is 10.7. The molecule has 0 amide bonds. The number of non-ortho nitro benzene ring substituents is 1. The third-order valence-electron chi connectivity index (χ3n) is 3.14. The summed E-state index contributed by atoms with van der Waals surface area (Å²) in [6, 6.07) is 8.13. The summed E-state index contributed by atoms with van der Waals surface area (Å²) in [5.41, 5.74) is 1.51. The molecule has 0 aliphatic heterocycles. The smallest absolute Gasteiger partial charge is 0.258 e. The number of fused-ring (bicyclic) bond motifs is 3. The van der Waals surface area contributed by atoms with Crippen molar-refractivity contribution in [2.24, 2.45) is 0 Å². The predicted molar refractivity (Wildman–Crippen MR) is 78.3 cm³/mol. The van der Waals surface area contributed by atoms with Crippen LogP contribution in [0.1, 0.15) is 0 Å². The van der Waals surface area contributed by atoms with Crippen LogP contribution in [0, 0.1) is 10.1 Å². The molecule has 0 bridgehead atoms. The van der Waals surface area contributed by atoms with Crippen LogP contribution in [0.25, 0.3) is 27.3 Å². The third kappa shape index (κ3) is 1.84. The van der Waals surface area contributed by atoms with Crippen LogP contribution >= 0.6 is 11.3 Å². The van der Waals surface area contributed by atoms with Crippen molar-refractivity contribution in [2.45, 2.75) is 0 Å². The molecule has 7 nitrogen and oxygen atoms in total. The van der Waals surface area contributed by atoms with Gasteiger partial charge in [-0.25, -0.2) is 14.5 Å². The lowest BCUT2D eigenvalue weighted by molar-refractivity contribution is -0.384. The minimum absolute atomic E-state index is 0.0457. The van der Waals surface area contributed by atoms with Crippen molar-refractivity contribution >= 4 is 32.9 Å². The van der Waals surface area contributed by atoms with Crippen molar-refractivity contribution in [1.29, 1.82) is 0 Å². The van der Waals surface area contributed by atoms with Gasteiger partial charge >= 0.3 is 0 Å². The fraction of sp³-hybridized carbons (Fsp3) is 0. The number of rotatable bonds is 2. The molecule has 0 saturated heterocycles. The van der Waals surface area contributed by atoms with Crippen molar-refractivity contribution in [2.75, 3.05) is 0 Å². The lowest BCUT2D eigenvalue weighted by Gasteiger charge is -1.94. The zero-order valence-electron chi connectivity index (χ0n) is 10.5. The molecule has 3 heterocycles. The van der Waals surface area contributed by atoms with Gasteiger partial charge in [0.2, 0.25) is 0 Å². The van der Waals surface area contributed by atoms with E-state index in [1.807, 2.05) is 11.4 Å². The molecule has 0 spiro atoms. The topological polar surface area (TPSA) is 86.2 Å². The molecule has 102 valence electrons. The van der Waals surface area contributed by atoms with Crippen molar-refractivity contribution in [3.05, 3.63) is 52.2 Å². The second-order valence-corrected chi connectivity index (χ2v) is 5.29. The molecule has 0 saturated carbocycles. The number of aromatic nitrogens is 4. The Morgan fingerprint density at radius 1 is 1.19 bits per heavy atom. The zero-order valence-corrected chi connectivity index (χ0v) is 11.3. The molecular weight excluding hydrogens is 290 g/mol. The average molecular weight is 297 g/mol. The molecule has 0 unspecified atom stereocenters. The van der Waals surface area contributed by atoms with Gasteiger partial charge in [-0.3, -0.25) is 10.1 Å². The average Bonchev–Trinajstić information content (AvgIpc) is 3.12. The Kier molecular flexibility index (Phi) is 2.45. The Morgan fingerprint density at radius 2 is 2.00 bits per heavy atom. The van der Waals surface area contributed by atoms with E-state index in [-0.39, 0.29) is 5.69 Å². The number of nitrogens with zero attached hydrogens (tertiary/aromatic N) is 5. The molecular formula is C13H7N5O2S. The van der Waals surface area contributed by atoms with E-state index in [4.69, 9.17) is 0 Å². The van der Waals surface area contributed by atoms with Crippen LogP contribution in [0.3, 0.4) is 0 Å². The summed E-state index contributed by atoms with van der Waals surface area (Å²) < 4.78 is 1.62. The fourth-order valence-corrected chi connectivity index (χ4v) is 2.85. The van der Waals surface area contributed by atoms with E-state index in [9.17, 15) is 10.1 Å². The van der Waals surface area contributed by atoms with Gasteiger partial charge in [-0.15, -0.1) is 16.4 Å². The molecule has 0 aliphatic rings. The van der Waals surface area contributed by atoms with Crippen LogP contribution in [-0.4, -0.2) is 24.5 Å². The van der Waals surface area contributed by atoms with Crippen LogP contribution in [0.15, 0.2) is 42.0 Å². The summed E-state index contributed by atoms with van der Waals surface area (Å²) in [5, 5.41) is 17.9. The van der Waals surface area contributed by atoms with Crippen molar-refractivity contribution < 1.29 is 4.92 Å². The van der Waals surface area contributed by atoms with Crippen LogP contribution in [0.5, 0.6) is 0 Å². The van der Waals surface area contributed by atoms with Gasteiger partial charge < -0.3 is 0 Å². The SMILES string of the molecule is O=[N+]([O-])c1ccc(-c2nc3c4ccsc4ncn3n2)cc1. The number of hydrogen-bond donors (Lipinski definition) is 0. The summed E-state index contributed by atoms with van der Waals surface area (Å²) in [5.74, 6) is 0.519. The molecule has 8 heteroatoms. The normalized spacial score (nSPS) is 11.2. The largest absolute Gasteiger partial charge is 0.269 e. The molecule has 21 heavy (non-hydrogen) atoms. The van der Waals surface area contributed by atoms with Crippen LogP contribution in [0.4, 0.5) is 5.69 Å². The van der Waals surface area contributed by atoms with E-state index in [0.717, 1.165) is 21.4 Å². The van der Waals surface area contributed by atoms with E-state index < -0.39 is 4.92 Å². The Morgan fingerprint density at radius 3 is 2.76 bits per heavy atom. The van der Waals surface area contributed by atoms with Crippen molar-refractivity contribution in [1.82, 2.24) is 19.6 Å². The standard InChI is InChI=1S/C13H7N5O2S/c19-18(20)9-3-1-8(2-4-9)11-15-12-10-5-6-21-13(10)14-7-17(12)16-11/h1-7H. The summed E-state index contributed by atoms with van der Waals surface area (Å²) in [6.07, 6.45) is 1.62. The van der Waals surface area contributed by atoms with E-state index >= 15 is 0 Å². The molecule has 0 atom stereocenters. The summed E-state index contributed by atoms with van der Waals surface area (Å²) in [4.78, 5) is 20.0. The molecule has 1 aromatic carbocycles. The number of nitro benzene ring substituents is 1. The molecule has 4 rings (SSSR count). The summed E-state index contributed by atoms with van der Waals surface area (Å²) in [7, 11) is 0. The Balaban J connectivity index is 1.88. The maximum Gasteiger partial charge on any atom is 0.269 e. The van der Waals surface area contributed by atoms with E-state index in [2.05, 4.69) is 15.1 Å². The van der Waals surface area contributed by atoms with Gasteiger partial charge in [0.1, 0.15) is 11.2 Å². The van der Waals surface area contributed by atoms with E-state index in [1.54, 1.807) is 34.3 Å². The van der Waals surface area contributed by atoms with Gasteiger partial charge in [-0.1, -0.05) is 0 Å². The van der Waals surface area contributed by atoms with Crippen molar-refractivity contribution in [3.63, 3.8) is 0 Å².